The summed E-state index contributed by atoms with van der Waals surface area (Å²) in [6.07, 6.45) is 0. The van der Waals surface area contributed by atoms with Crippen LogP contribution in [0.15, 0.2) is 37.4 Å². The highest BCUT2D eigenvalue weighted by Gasteiger charge is 2.10. The van der Waals surface area contributed by atoms with Crippen LogP contribution in [0.3, 0.4) is 0 Å². The maximum Gasteiger partial charge on any atom is 0.178 e. The Morgan fingerprint density at radius 2 is 2.31 bits per heavy atom. The fourth-order valence-corrected chi connectivity index (χ4v) is 3.49. The van der Waals surface area contributed by atoms with Gasteiger partial charge in [-0.2, -0.15) is 0 Å². The average molecular weight is 316 g/mol. The zero-order valence-electron chi connectivity index (χ0n) is 8.55. The molecule has 6 heteroatoms. The number of halogens is 1. The first-order valence-electron chi connectivity index (χ1n) is 4.66. The van der Waals surface area contributed by atoms with Gasteiger partial charge in [-0.3, -0.25) is 0 Å². The first-order valence-corrected chi connectivity index (χ1v) is 7.15. The molecule has 1 heterocycles. The van der Waals surface area contributed by atoms with Gasteiger partial charge in [-0.05, 0) is 24.6 Å². The summed E-state index contributed by atoms with van der Waals surface area (Å²) in [6, 6.07) is 6.12. The molecule has 0 aliphatic carbocycles. The van der Waals surface area contributed by atoms with Crippen molar-refractivity contribution in [1.82, 2.24) is 10.2 Å². The van der Waals surface area contributed by atoms with E-state index in [1.165, 1.54) is 11.3 Å². The normalized spacial score (nSPS) is 12.7. The van der Waals surface area contributed by atoms with Crippen LogP contribution in [0.2, 0.25) is 0 Å². The zero-order valence-corrected chi connectivity index (χ0v) is 11.8. The third-order valence-electron chi connectivity index (χ3n) is 2.00. The number of rotatable bonds is 3. The second-order valence-corrected chi connectivity index (χ2v) is 6.32. The Hall–Kier alpha value is -0.430. The van der Waals surface area contributed by atoms with E-state index in [1.807, 2.05) is 19.1 Å². The van der Waals surface area contributed by atoms with E-state index < -0.39 is 0 Å². The van der Waals surface area contributed by atoms with Gasteiger partial charge in [-0.1, -0.05) is 45.1 Å². The lowest BCUT2D eigenvalue weighted by Gasteiger charge is -2.11. The number of nitrogens with zero attached hydrogens (tertiary/aromatic N) is 2. The fraction of sp³-hybridized carbons (Fsp3) is 0.200. The van der Waals surface area contributed by atoms with Gasteiger partial charge in [0, 0.05) is 15.4 Å². The quantitative estimate of drug-likeness (QED) is 0.942. The first kappa shape index (κ1) is 12.0. The van der Waals surface area contributed by atoms with E-state index in [4.69, 9.17) is 5.73 Å². The molecule has 2 aromatic rings. The van der Waals surface area contributed by atoms with E-state index in [2.05, 4.69) is 32.2 Å². The van der Waals surface area contributed by atoms with Gasteiger partial charge in [0.1, 0.15) is 5.51 Å². The lowest BCUT2D eigenvalue weighted by Crippen LogP contribution is -2.06. The first-order chi connectivity index (χ1) is 7.66. The molecule has 3 nitrogen and oxygen atoms in total. The lowest BCUT2D eigenvalue weighted by molar-refractivity contribution is 0.796. The van der Waals surface area contributed by atoms with Crippen molar-refractivity contribution < 1.29 is 0 Å². The minimum absolute atomic E-state index is 0.0171. The van der Waals surface area contributed by atoms with Crippen molar-refractivity contribution in [3.63, 3.8) is 0 Å². The molecule has 2 N–H and O–H groups in total. The highest BCUT2D eigenvalue weighted by Crippen LogP contribution is 2.35. The molecule has 1 unspecified atom stereocenters. The van der Waals surface area contributed by atoms with Crippen molar-refractivity contribution in [3.05, 3.63) is 33.7 Å². The molecule has 0 spiro atoms. The number of benzene rings is 1. The predicted molar refractivity (Wildman–Crippen MR) is 70.8 cm³/mol. The van der Waals surface area contributed by atoms with E-state index in [-0.39, 0.29) is 6.04 Å². The van der Waals surface area contributed by atoms with E-state index in [9.17, 15) is 0 Å². The van der Waals surface area contributed by atoms with E-state index in [0.717, 1.165) is 19.3 Å². The second kappa shape index (κ2) is 5.27. The molecule has 0 fully saturated rings. The van der Waals surface area contributed by atoms with Crippen molar-refractivity contribution >= 4 is 39.0 Å². The molecule has 0 aliphatic rings. The molecule has 84 valence electrons. The Labute approximate surface area is 111 Å². The largest absolute Gasteiger partial charge is 0.324 e. The van der Waals surface area contributed by atoms with Crippen molar-refractivity contribution in [2.24, 2.45) is 5.73 Å². The minimum Gasteiger partial charge on any atom is -0.324 e. The van der Waals surface area contributed by atoms with Gasteiger partial charge >= 0.3 is 0 Å². The topological polar surface area (TPSA) is 51.8 Å². The van der Waals surface area contributed by atoms with Gasteiger partial charge in [0.25, 0.3) is 0 Å². The van der Waals surface area contributed by atoms with Gasteiger partial charge in [-0.25, -0.2) is 0 Å². The van der Waals surface area contributed by atoms with Crippen LogP contribution in [-0.4, -0.2) is 10.2 Å². The Morgan fingerprint density at radius 3 is 2.94 bits per heavy atom. The summed E-state index contributed by atoms with van der Waals surface area (Å²) in [7, 11) is 0. The molecule has 0 amide bonds. The van der Waals surface area contributed by atoms with Gasteiger partial charge in [0.15, 0.2) is 4.34 Å². The Morgan fingerprint density at radius 1 is 1.50 bits per heavy atom. The lowest BCUT2D eigenvalue weighted by atomic mass is 10.1. The van der Waals surface area contributed by atoms with Gasteiger partial charge in [0.2, 0.25) is 0 Å². The van der Waals surface area contributed by atoms with Crippen LogP contribution < -0.4 is 5.73 Å². The average Bonchev–Trinajstić information content (AvgIpc) is 2.70. The van der Waals surface area contributed by atoms with Crippen molar-refractivity contribution in [2.75, 3.05) is 0 Å². The highest BCUT2D eigenvalue weighted by atomic mass is 79.9. The van der Waals surface area contributed by atoms with Crippen LogP contribution in [-0.2, 0) is 0 Å². The zero-order chi connectivity index (χ0) is 11.5. The van der Waals surface area contributed by atoms with Crippen LogP contribution in [0.4, 0.5) is 0 Å². The van der Waals surface area contributed by atoms with Gasteiger partial charge < -0.3 is 5.73 Å². The third kappa shape index (κ3) is 2.82. The van der Waals surface area contributed by atoms with Gasteiger partial charge in [-0.15, -0.1) is 10.2 Å². The van der Waals surface area contributed by atoms with E-state index >= 15 is 0 Å². The molecule has 0 saturated heterocycles. The molecule has 2 rings (SSSR count). The summed E-state index contributed by atoms with van der Waals surface area (Å²) < 4.78 is 1.98. The van der Waals surface area contributed by atoms with Gasteiger partial charge in [0.05, 0.1) is 0 Å². The van der Waals surface area contributed by atoms with Crippen molar-refractivity contribution in [3.8, 4) is 0 Å². The number of hydrogen-bond acceptors (Lipinski definition) is 5. The van der Waals surface area contributed by atoms with Crippen LogP contribution in [0.5, 0.6) is 0 Å². The van der Waals surface area contributed by atoms with Crippen molar-refractivity contribution in [2.45, 2.75) is 22.2 Å². The monoisotopic (exact) mass is 315 g/mol. The molecule has 0 saturated carbocycles. The SMILES string of the molecule is CC(N)c1ccc(Br)cc1Sc1nncs1. The summed E-state index contributed by atoms with van der Waals surface area (Å²) >= 11 is 6.59. The van der Waals surface area contributed by atoms with Crippen LogP contribution >= 0.6 is 39.0 Å². The van der Waals surface area contributed by atoms with Crippen LogP contribution in [0, 0.1) is 0 Å². The summed E-state index contributed by atoms with van der Waals surface area (Å²) in [5.74, 6) is 0. The maximum absolute atomic E-state index is 5.93. The Bertz CT molecular complexity index is 471. The fourth-order valence-electron chi connectivity index (χ4n) is 1.27. The standard InChI is InChI=1S/C10H10BrN3S2/c1-6(12)8-3-2-7(11)4-9(8)16-10-14-13-5-15-10/h2-6H,12H2,1H3. The molecular weight excluding hydrogens is 306 g/mol. The van der Waals surface area contributed by atoms with Crippen LogP contribution in [0.25, 0.3) is 0 Å². The molecule has 16 heavy (non-hydrogen) atoms. The number of aromatic nitrogens is 2. The molecule has 1 aromatic heterocycles. The summed E-state index contributed by atoms with van der Waals surface area (Å²) in [6.45, 7) is 1.98. The summed E-state index contributed by atoms with van der Waals surface area (Å²) in [4.78, 5) is 1.13. The second-order valence-electron chi connectivity index (χ2n) is 3.28. The maximum atomic E-state index is 5.93. The Balaban J connectivity index is 2.34. The molecule has 0 aliphatic heterocycles. The Kier molecular flexibility index (Phi) is 3.96. The molecular formula is C10H10BrN3S2. The van der Waals surface area contributed by atoms with E-state index in [1.54, 1.807) is 17.3 Å². The number of nitrogens with two attached hydrogens (primary N) is 1. The summed E-state index contributed by atoms with van der Waals surface area (Å²) in [5.41, 5.74) is 8.79. The minimum atomic E-state index is 0.0171. The predicted octanol–water partition coefficient (Wildman–Crippen LogP) is 3.47. The van der Waals surface area contributed by atoms with Crippen LogP contribution in [0.1, 0.15) is 18.5 Å². The molecule has 1 aromatic carbocycles. The smallest absolute Gasteiger partial charge is 0.178 e. The molecule has 0 bridgehead atoms. The van der Waals surface area contributed by atoms with Crippen molar-refractivity contribution in [1.29, 1.82) is 0 Å². The summed E-state index contributed by atoms with van der Waals surface area (Å²) in [5, 5.41) is 7.84. The number of hydrogen-bond donors (Lipinski definition) is 1. The van der Waals surface area contributed by atoms with E-state index in [0.29, 0.717) is 0 Å². The molecule has 1 atom stereocenters. The third-order valence-corrected chi connectivity index (χ3v) is 4.35. The molecule has 0 radical (unpaired) electrons. The highest BCUT2D eigenvalue weighted by molar-refractivity contribution is 9.10.